The highest BCUT2D eigenvalue weighted by atomic mass is 16.2. The molecular formula is C11H11NO2. The number of aryl methyl sites for hydroxylation is 1. The fourth-order valence-electron chi connectivity index (χ4n) is 1.80. The minimum atomic E-state index is -0.211. The molecule has 1 aromatic carbocycles. The molecule has 0 saturated carbocycles. The fraction of sp³-hybridized carbons (Fsp3) is 0.273. The molecule has 1 aromatic rings. The van der Waals surface area contributed by atoms with Crippen molar-refractivity contribution in [3.05, 3.63) is 29.3 Å². The molecule has 14 heavy (non-hydrogen) atoms. The Balaban J connectivity index is 2.53. The Labute approximate surface area is 82.3 Å². The first-order chi connectivity index (χ1) is 6.59. The van der Waals surface area contributed by atoms with Crippen LogP contribution >= 0.6 is 0 Å². The van der Waals surface area contributed by atoms with Crippen molar-refractivity contribution in [3.63, 3.8) is 0 Å². The third-order valence-electron chi connectivity index (χ3n) is 2.38. The van der Waals surface area contributed by atoms with Crippen molar-refractivity contribution < 1.29 is 9.59 Å². The molecule has 0 saturated heterocycles. The molecule has 0 radical (unpaired) electrons. The summed E-state index contributed by atoms with van der Waals surface area (Å²) < 4.78 is 0. The van der Waals surface area contributed by atoms with Crippen LogP contribution in [0.15, 0.2) is 18.2 Å². The van der Waals surface area contributed by atoms with Crippen molar-refractivity contribution in [2.24, 2.45) is 0 Å². The highest BCUT2D eigenvalue weighted by Crippen LogP contribution is 2.29. The van der Waals surface area contributed by atoms with Crippen molar-refractivity contribution in [3.8, 4) is 0 Å². The summed E-state index contributed by atoms with van der Waals surface area (Å²) in [6.45, 7) is 3.38. The van der Waals surface area contributed by atoms with Gasteiger partial charge in [0.2, 0.25) is 11.8 Å². The molecule has 2 rings (SSSR count). The molecule has 0 spiro atoms. The average molecular weight is 189 g/mol. The van der Waals surface area contributed by atoms with Crippen LogP contribution in [0.5, 0.6) is 0 Å². The molecule has 72 valence electrons. The number of fused-ring (bicyclic) bond motifs is 1. The second-order valence-electron chi connectivity index (χ2n) is 3.56. The summed E-state index contributed by atoms with van der Waals surface area (Å²) in [5.41, 5.74) is 2.81. The third-order valence-corrected chi connectivity index (χ3v) is 2.38. The highest BCUT2D eigenvalue weighted by Gasteiger charge is 2.29. The quantitative estimate of drug-likeness (QED) is 0.619. The number of anilines is 1. The molecule has 0 unspecified atom stereocenters. The van der Waals surface area contributed by atoms with E-state index in [0.717, 1.165) is 16.8 Å². The van der Waals surface area contributed by atoms with Gasteiger partial charge in [0.05, 0.1) is 12.1 Å². The molecule has 0 aliphatic carbocycles. The lowest BCUT2D eigenvalue weighted by Crippen LogP contribution is -2.31. The summed E-state index contributed by atoms with van der Waals surface area (Å²) in [6, 6.07) is 5.69. The van der Waals surface area contributed by atoms with Gasteiger partial charge in [-0.2, -0.15) is 0 Å². The van der Waals surface area contributed by atoms with Gasteiger partial charge >= 0.3 is 0 Å². The Morgan fingerprint density at radius 2 is 2.14 bits per heavy atom. The molecule has 0 atom stereocenters. The summed E-state index contributed by atoms with van der Waals surface area (Å²) in [7, 11) is 0. The molecule has 1 aliphatic rings. The zero-order valence-corrected chi connectivity index (χ0v) is 8.20. The largest absolute Gasteiger partial charge is 0.274 e. The van der Waals surface area contributed by atoms with Gasteiger partial charge < -0.3 is 0 Å². The number of carbonyl (C=O) groups is 2. The molecular weight excluding hydrogens is 178 g/mol. The standard InChI is InChI=1S/C11H11NO2/c1-7-3-4-10-9(5-7)6-11(14)12(10)8(2)13/h3-5H,6H2,1-2H3. The van der Waals surface area contributed by atoms with Crippen LogP contribution in [0.1, 0.15) is 18.1 Å². The molecule has 2 amide bonds. The van der Waals surface area contributed by atoms with Gasteiger partial charge in [-0.25, -0.2) is 0 Å². The van der Waals surface area contributed by atoms with Gasteiger partial charge in [-0.1, -0.05) is 17.7 Å². The van der Waals surface area contributed by atoms with E-state index in [9.17, 15) is 9.59 Å². The van der Waals surface area contributed by atoms with E-state index in [1.54, 1.807) is 0 Å². The van der Waals surface area contributed by atoms with E-state index in [0.29, 0.717) is 6.42 Å². The summed E-state index contributed by atoms with van der Waals surface area (Å²) in [4.78, 5) is 23.9. The topological polar surface area (TPSA) is 37.4 Å². The fourth-order valence-corrected chi connectivity index (χ4v) is 1.80. The van der Waals surface area contributed by atoms with Crippen molar-refractivity contribution >= 4 is 17.5 Å². The first kappa shape index (κ1) is 8.94. The van der Waals surface area contributed by atoms with Crippen LogP contribution in [0.3, 0.4) is 0 Å². The van der Waals surface area contributed by atoms with Crippen LogP contribution in [0, 0.1) is 6.92 Å². The number of benzene rings is 1. The maximum Gasteiger partial charge on any atom is 0.238 e. The van der Waals surface area contributed by atoms with Crippen molar-refractivity contribution in [2.45, 2.75) is 20.3 Å². The number of hydrogen-bond acceptors (Lipinski definition) is 2. The predicted octanol–water partition coefficient (Wildman–Crippen LogP) is 1.43. The number of amides is 2. The number of carbonyl (C=O) groups excluding carboxylic acids is 2. The average Bonchev–Trinajstić information content (AvgIpc) is 2.39. The molecule has 3 nitrogen and oxygen atoms in total. The summed E-state index contributed by atoms with van der Waals surface area (Å²) >= 11 is 0. The second kappa shape index (κ2) is 2.94. The molecule has 0 aromatic heterocycles. The highest BCUT2D eigenvalue weighted by molar-refractivity contribution is 6.18. The van der Waals surface area contributed by atoms with Gasteiger partial charge in [-0.15, -0.1) is 0 Å². The minimum Gasteiger partial charge on any atom is -0.274 e. The van der Waals surface area contributed by atoms with Crippen LogP contribution in [-0.2, 0) is 16.0 Å². The SMILES string of the molecule is CC(=O)N1C(=O)Cc2cc(C)ccc21. The second-order valence-corrected chi connectivity index (χ2v) is 3.56. The summed E-state index contributed by atoms with van der Waals surface area (Å²) in [6.07, 6.45) is 0.344. The smallest absolute Gasteiger partial charge is 0.238 e. The lowest BCUT2D eigenvalue weighted by Gasteiger charge is -2.12. The molecule has 0 fully saturated rings. The minimum absolute atomic E-state index is 0.127. The van der Waals surface area contributed by atoms with Gasteiger partial charge in [0.1, 0.15) is 0 Å². The van der Waals surface area contributed by atoms with Crippen LogP contribution in [0.2, 0.25) is 0 Å². The van der Waals surface area contributed by atoms with Gasteiger partial charge in [-0.05, 0) is 18.6 Å². The van der Waals surface area contributed by atoms with E-state index in [2.05, 4.69) is 0 Å². The Kier molecular flexibility index (Phi) is 1.88. The lowest BCUT2D eigenvalue weighted by atomic mass is 10.1. The van der Waals surface area contributed by atoms with Crippen LogP contribution in [0.4, 0.5) is 5.69 Å². The molecule has 0 bridgehead atoms. The molecule has 0 N–H and O–H groups in total. The maximum atomic E-state index is 11.5. The zero-order valence-electron chi connectivity index (χ0n) is 8.20. The number of hydrogen-bond donors (Lipinski definition) is 0. The van der Waals surface area contributed by atoms with Crippen molar-refractivity contribution in [1.29, 1.82) is 0 Å². The van der Waals surface area contributed by atoms with Crippen molar-refractivity contribution in [2.75, 3.05) is 4.90 Å². The van der Waals surface area contributed by atoms with Crippen LogP contribution < -0.4 is 4.90 Å². The summed E-state index contributed by atoms with van der Waals surface area (Å²) in [5, 5.41) is 0. The number of imide groups is 1. The maximum absolute atomic E-state index is 11.5. The van der Waals surface area contributed by atoms with Gasteiger partial charge in [0, 0.05) is 6.92 Å². The van der Waals surface area contributed by atoms with E-state index >= 15 is 0 Å². The molecule has 3 heteroatoms. The Hall–Kier alpha value is -1.64. The van der Waals surface area contributed by atoms with Crippen LogP contribution in [0.25, 0.3) is 0 Å². The van der Waals surface area contributed by atoms with Gasteiger partial charge in [-0.3, -0.25) is 14.5 Å². The predicted molar refractivity (Wildman–Crippen MR) is 53.1 cm³/mol. The zero-order chi connectivity index (χ0) is 10.3. The number of rotatable bonds is 0. The van der Waals surface area contributed by atoms with E-state index in [-0.39, 0.29) is 11.8 Å². The van der Waals surface area contributed by atoms with E-state index < -0.39 is 0 Å². The normalized spacial score (nSPS) is 14.4. The third kappa shape index (κ3) is 1.21. The van der Waals surface area contributed by atoms with E-state index in [1.165, 1.54) is 11.8 Å². The van der Waals surface area contributed by atoms with E-state index in [4.69, 9.17) is 0 Å². The van der Waals surface area contributed by atoms with E-state index in [1.807, 2.05) is 25.1 Å². The van der Waals surface area contributed by atoms with Crippen LogP contribution in [-0.4, -0.2) is 11.8 Å². The Bertz CT molecular complexity index is 423. The molecule has 1 aliphatic heterocycles. The Morgan fingerprint density at radius 1 is 1.43 bits per heavy atom. The Morgan fingerprint density at radius 3 is 2.79 bits per heavy atom. The monoisotopic (exact) mass is 189 g/mol. The number of nitrogens with zero attached hydrogens (tertiary/aromatic N) is 1. The van der Waals surface area contributed by atoms with Gasteiger partial charge in [0.15, 0.2) is 0 Å². The molecule has 1 heterocycles. The summed E-state index contributed by atoms with van der Waals surface area (Å²) in [5.74, 6) is -0.337. The first-order valence-corrected chi connectivity index (χ1v) is 4.52. The van der Waals surface area contributed by atoms with Gasteiger partial charge in [0.25, 0.3) is 0 Å². The first-order valence-electron chi connectivity index (χ1n) is 4.52. The lowest BCUT2D eigenvalue weighted by molar-refractivity contribution is -0.124. The van der Waals surface area contributed by atoms with Crippen molar-refractivity contribution in [1.82, 2.24) is 0 Å².